The first-order valence-corrected chi connectivity index (χ1v) is 8.29. The number of carbonyl (C=O) groups is 1. The van der Waals surface area contributed by atoms with E-state index in [-0.39, 0.29) is 12.1 Å². The number of halogens is 2. The smallest absolute Gasteiger partial charge is 0.323 e. The van der Waals surface area contributed by atoms with Gasteiger partial charge in [0, 0.05) is 5.02 Å². The van der Waals surface area contributed by atoms with Gasteiger partial charge in [-0.05, 0) is 56.3 Å². The highest BCUT2D eigenvalue weighted by Crippen LogP contribution is 2.39. The highest BCUT2D eigenvalue weighted by atomic mass is 35.7. The van der Waals surface area contributed by atoms with Crippen LogP contribution >= 0.6 is 30.5 Å². The molecule has 1 N–H and O–H groups in total. The third-order valence-electron chi connectivity index (χ3n) is 2.00. The molecule has 1 aromatic carbocycles. The summed E-state index contributed by atoms with van der Waals surface area (Å²) in [6.07, 6.45) is -0.157. The minimum atomic E-state index is -1.49. The summed E-state index contributed by atoms with van der Waals surface area (Å²) in [6, 6.07) is 6.29. The van der Waals surface area contributed by atoms with E-state index in [1.807, 2.05) is 0 Å². The fraction of sp³-hybridized carbons (Fsp3) is 0.417. The molecule has 0 saturated heterocycles. The molecule has 0 fully saturated rings. The molecule has 1 aromatic rings. The maximum atomic E-state index is 11.6. The first kappa shape index (κ1) is 16.5. The summed E-state index contributed by atoms with van der Waals surface area (Å²) in [4.78, 5) is 11.6. The number of carbonyl (C=O) groups excluding carboxylic acids is 1. The Bertz CT molecular complexity index is 414. The van der Waals surface area contributed by atoms with Crippen molar-refractivity contribution in [2.24, 2.45) is 0 Å². The second-order valence-corrected chi connectivity index (χ2v) is 6.41. The van der Waals surface area contributed by atoms with Gasteiger partial charge in [-0.25, -0.2) is 5.09 Å². The topological polar surface area (TPSA) is 47.6 Å². The van der Waals surface area contributed by atoms with Gasteiger partial charge in [0.05, 0.1) is 6.10 Å². The maximum absolute atomic E-state index is 11.6. The zero-order valence-corrected chi connectivity index (χ0v) is 13.3. The molecule has 0 saturated carbocycles. The molecule has 2 unspecified atom stereocenters. The largest absolute Gasteiger partial charge is 0.462 e. The molecule has 0 aliphatic carbocycles. The van der Waals surface area contributed by atoms with Crippen LogP contribution < -0.4 is 9.61 Å². The molecule has 0 heterocycles. The molecular weight excluding hydrogens is 308 g/mol. The predicted molar refractivity (Wildman–Crippen MR) is 78.7 cm³/mol. The van der Waals surface area contributed by atoms with Crippen molar-refractivity contribution in [2.45, 2.75) is 32.9 Å². The van der Waals surface area contributed by atoms with Crippen molar-refractivity contribution in [1.29, 1.82) is 0 Å². The third-order valence-corrected chi connectivity index (χ3v) is 3.71. The lowest BCUT2D eigenvalue weighted by molar-refractivity contribution is -0.148. The molecule has 7 heteroatoms. The lowest BCUT2D eigenvalue weighted by atomic mass is 10.3. The van der Waals surface area contributed by atoms with Crippen molar-refractivity contribution in [3.8, 4) is 5.75 Å². The summed E-state index contributed by atoms with van der Waals surface area (Å²) in [5, 5.41) is 3.47. The third kappa shape index (κ3) is 6.44. The van der Waals surface area contributed by atoms with Crippen LogP contribution in [0, 0.1) is 0 Å². The Morgan fingerprint density at radius 2 is 1.84 bits per heavy atom. The minimum absolute atomic E-state index is 0.157. The monoisotopic (exact) mass is 323 g/mol. The summed E-state index contributed by atoms with van der Waals surface area (Å²) in [5.41, 5.74) is 0. The molecule has 2 atom stereocenters. The minimum Gasteiger partial charge on any atom is -0.462 e. The van der Waals surface area contributed by atoms with Crippen molar-refractivity contribution in [3.63, 3.8) is 0 Å². The van der Waals surface area contributed by atoms with E-state index >= 15 is 0 Å². The van der Waals surface area contributed by atoms with E-state index in [0.29, 0.717) is 10.8 Å². The Balaban J connectivity index is 2.44. The predicted octanol–water partition coefficient (Wildman–Crippen LogP) is 4.11. The number of ether oxygens (including phenoxy) is 1. The normalized spacial score (nSPS) is 14.0. The van der Waals surface area contributed by atoms with Gasteiger partial charge in [0.25, 0.3) is 7.65 Å². The summed E-state index contributed by atoms with van der Waals surface area (Å²) in [7, 11) is -1.49. The molecule has 19 heavy (non-hydrogen) atoms. The number of esters is 1. The Morgan fingerprint density at radius 3 is 2.37 bits per heavy atom. The number of rotatable bonds is 6. The van der Waals surface area contributed by atoms with Crippen LogP contribution in [0.5, 0.6) is 5.75 Å². The second-order valence-electron chi connectivity index (χ2n) is 4.13. The summed E-state index contributed by atoms with van der Waals surface area (Å²) in [5.74, 6) is 0.227. The van der Waals surface area contributed by atoms with Crippen LogP contribution in [0.1, 0.15) is 20.8 Å². The van der Waals surface area contributed by atoms with Crippen LogP contribution in [0.4, 0.5) is 0 Å². The first-order valence-electron chi connectivity index (χ1n) is 5.74. The SMILES string of the molecule is CC(C)OC(=O)C(C)NP(Cl)Oc1ccc(Cl)cc1. The highest BCUT2D eigenvalue weighted by Gasteiger charge is 2.20. The van der Waals surface area contributed by atoms with Crippen molar-refractivity contribution in [3.05, 3.63) is 29.3 Å². The molecule has 0 aromatic heterocycles. The van der Waals surface area contributed by atoms with Gasteiger partial charge in [-0.2, -0.15) is 0 Å². The highest BCUT2D eigenvalue weighted by molar-refractivity contribution is 7.78. The lowest BCUT2D eigenvalue weighted by Gasteiger charge is -2.18. The number of hydrogen-bond acceptors (Lipinski definition) is 4. The van der Waals surface area contributed by atoms with E-state index in [4.69, 9.17) is 32.1 Å². The zero-order valence-electron chi connectivity index (χ0n) is 10.9. The van der Waals surface area contributed by atoms with E-state index in [2.05, 4.69) is 5.09 Å². The average molecular weight is 324 g/mol. The standard InChI is InChI=1S/C12H16Cl2NO3P/c1-8(2)17-12(16)9(3)15-19(14)18-11-6-4-10(13)5-7-11/h4-9,15H,1-3H3. The van der Waals surface area contributed by atoms with Gasteiger partial charge in [-0.1, -0.05) is 11.6 Å². The quantitative estimate of drug-likeness (QED) is 0.632. The average Bonchev–Trinajstić information content (AvgIpc) is 2.31. The van der Waals surface area contributed by atoms with Crippen molar-refractivity contribution in [2.75, 3.05) is 0 Å². The van der Waals surface area contributed by atoms with Gasteiger partial charge in [-0.3, -0.25) is 4.79 Å². The molecule has 0 aliphatic heterocycles. The van der Waals surface area contributed by atoms with E-state index in [0.717, 1.165) is 0 Å². The maximum Gasteiger partial charge on any atom is 0.323 e. The molecular formula is C12H16Cl2NO3P. The van der Waals surface area contributed by atoms with Crippen molar-refractivity contribution in [1.82, 2.24) is 5.09 Å². The Labute approximate surface area is 124 Å². The van der Waals surface area contributed by atoms with Crippen LogP contribution in [0.25, 0.3) is 0 Å². The van der Waals surface area contributed by atoms with Gasteiger partial charge in [0.2, 0.25) is 0 Å². The van der Waals surface area contributed by atoms with Crippen LogP contribution in [0.3, 0.4) is 0 Å². The van der Waals surface area contributed by atoms with Crippen LogP contribution in [0.15, 0.2) is 24.3 Å². The fourth-order valence-electron chi connectivity index (χ4n) is 1.15. The Hall–Kier alpha value is -0.540. The van der Waals surface area contributed by atoms with E-state index in [1.165, 1.54) is 0 Å². The van der Waals surface area contributed by atoms with Crippen molar-refractivity contribution >= 4 is 36.5 Å². The molecule has 0 amide bonds. The second kappa shape index (κ2) is 7.91. The van der Waals surface area contributed by atoms with Crippen LogP contribution in [0.2, 0.25) is 5.02 Å². The lowest BCUT2D eigenvalue weighted by Crippen LogP contribution is -2.33. The van der Waals surface area contributed by atoms with E-state index in [1.54, 1.807) is 45.0 Å². The molecule has 0 bridgehead atoms. The molecule has 4 nitrogen and oxygen atoms in total. The summed E-state index contributed by atoms with van der Waals surface area (Å²) < 4.78 is 10.5. The Morgan fingerprint density at radius 1 is 1.26 bits per heavy atom. The summed E-state index contributed by atoms with van der Waals surface area (Å²) >= 11 is 11.8. The summed E-state index contributed by atoms with van der Waals surface area (Å²) in [6.45, 7) is 5.25. The van der Waals surface area contributed by atoms with Crippen LogP contribution in [-0.2, 0) is 9.53 Å². The molecule has 106 valence electrons. The van der Waals surface area contributed by atoms with E-state index < -0.39 is 13.7 Å². The van der Waals surface area contributed by atoms with Crippen molar-refractivity contribution < 1.29 is 14.1 Å². The van der Waals surface area contributed by atoms with Gasteiger partial charge in [0.1, 0.15) is 11.8 Å². The molecule has 0 spiro atoms. The van der Waals surface area contributed by atoms with E-state index in [9.17, 15) is 4.79 Å². The van der Waals surface area contributed by atoms with Gasteiger partial charge in [-0.15, -0.1) is 0 Å². The number of hydrogen-bond donors (Lipinski definition) is 1. The van der Waals surface area contributed by atoms with Gasteiger partial charge in [0.15, 0.2) is 0 Å². The Kier molecular flexibility index (Phi) is 6.87. The van der Waals surface area contributed by atoms with Gasteiger partial charge < -0.3 is 9.26 Å². The van der Waals surface area contributed by atoms with Crippen LogP contribution in [-0.4, -0.2) is 18.1 Å². The number of nitrogens with one attached hydrogen (secondary N) is 1. The molecule has 0 radical (unpaired) electrons. The molecule has 0 aliphatic rings. The first-order chi connectivity index (χ1) is 8.88. The van der Waals surface area contributed by atoms with Gasteiger partial charge >= 0.3 is 5.97 Å². The number of benzene rings is 1. The molecule has 1 rings (SSSR count). The zero-order chi connectivity index (χ0) is 14.4. The fourth-order valence-corrected chi connectivity index (χ4v) is 2.73.